The molecule has 5 heteroatoms. The number of nitrogens with zero attached hydrogens (tertiary/aromatic N) is 4. The van der Waals surface area contributed by atoms with Crippen LogP contribution in [-0.4, -0.2) is 5.11 Å². The Morgan fingerprint density at radius 1 is 0.574 bits per heavy atom. The molecule has 0 aliphatic heterocycles. The number of benzene rings is 7. The third kappa shape index (κ3) is 9.55. The summed E-state index contributed by atoms with van der Waals surface area (Å²) in [4.78, 5) is 5.63. The molecule has 0 unspecified atom stereocenters. The van der Waals surface area contributed by atoms with Gasteiger partial charge in [0.2, 0.25) is 5.70 Å². The molecule has 0 amide bonds. The summed E-state index contributed by atoms with van der Waals surface area (Å²) in [7, 11) is 0. The Labute approximate surface area is 358 Å². The molecule has 5 nitrogen and oxygen atoms in total. The maximum atomic E-state index is 10.9. The molecule has 0 atom stereocenters. The van der Waals surface area contributed by atoms with E-state index in [2.05, 4.69) is 138 Å². The lowest BCUT2D eigenvalue weighted by Gasteiger charge is -2.27. The maximum Gasteiger partial charge on any atom is 0.217 e. The highest BCUT2D eigenvalue weighted by molar-refractivity contribution is 5.94. The van der Waals surface area contributed by atoms with Crippen LogP contribution in [0.4, 0.5) is 17.1 Å². The molecule has 0 spiro atoms. The Morgan fingerprint density at radius 3 is 1.44 bits per heavy atom. The van der Waals surface area contributed by atoms with Crippen LogP contribution in [-0.2, 0) is 6.61 Å². The lowest BCUT2D eigenvalue weighted by Crippen LogP contribution is -2.11. The predicted octanol–water partition coefficient (Wildman–Crippen LogP) is 13.8. The minimum absolute atomic E-state index is 0.0383. The summed E-state index contributed by atoms with van der Waals surface area (Å²) in [5, 5.41) is 30.3. The molecule has 0 heterocycles. The van der Waals surface area contributed by atoms with E-state index >= 15 is 0 Å². The Kier molecular flexibility index (Phi) is 13.0. The fraction of sp³-hybridized carbons (Fsp3) is 0.0536. The second-order valence-electron chi connectivity index (χ2n) is 14.5. The molecule has 1 N–H and O–H groups in total. The smallest absolute Gasteiger partial charge is 0.217 e. The van der Waals surface area contributed by atoms with Crippen LogP contribution in [0.2, 0.25) is 0 Å². The SMILES string of the molecule is [C-]#[N+]C(/C(C#N)=C\c1ccc(N(c2ccc(C=C(c3ccccc3)c3ccccc3)c(C)c2)c2ccc(C=C(c3ccccc3)c3ccccc3)c(CO)c2)cc1)=C(\C)C#N. The first-order valence-corrected chi connectivity index (χ1v) is 19.9. The Balaban J connectivity index is 1.35. The van der Waals surface area contributed by atoms with Crippen molar-refractivity contribution in [2.24, 2.45) is 0 Å². The van der Waals surface area contributed by atoms with Gasteiger partial charge in [0.1, 0.15) is 0 Å². The number of aliphatic hydroxyl groups is 1. The molecule has 0 fully saturated rings. The van der Waals surface area contributed by atoms with Gasteiger partial charge in [-0.25, -0.2) is 4.85 Å². The number of allylic oxidation sites excluding steroid dienone is 2. The molecule has 0 saturated carbocycles. The van der Waals surface area contributed by atoms with Gasteiger partial charge in [-0.3, -0.25) is 0 Å². The van der Waals surface area contributed by atoms with E-state index in [1.54, 1.807) is 13.0 Å². The summed E-state index contributed by atoms with van der Waals surface area (Å²) < 4.78 is 0. The van der Waals surface area contributed by atoms with Gasteiger partial charge in [0.25, 0.3) is 0 Å². The van der Waals surface area contributed by atoms with Gasteiger partial charge in [-0.15, -0.1) is 0 Å². The third-order valence-corrected chi connectivity index (χ3v) is 10.5. The van der Waals surface area contributed by atoms with Gasteiger partial charge in [-0.1, -0.05) is 146 Å². The van der Waals surface area contributed by atoms with Crippen LogP contribution in [0.3, 0.4) is 0 Å². The fourth-order valence-corrected chi connectivity index (χ4v) is 7.30. The van der Waals surface area contributed by atoms with Gasteiger partial charge in [0, 0.05) is 22.6 Å². The number of nitriles is 2. The minimum Gasteiger partial charge on any atom is -0.392 e. The summed E-state index contributed by atoms with van der Waals surface area (Å²) in [5.74, 6) is 0. The van der Waals surface area contributed by atoms with Gasteiger partial charge in [0.05, 0.1) is 30.9 Å². The second kappa shape index (κ2) is 19.5. The summed E-state index contributed by atoms with van der Waals surface area (Å²) in [5.41, 5.74) is 14.1. The number of aryl methyl sites for hydroxylation is 1. The molecular formula is C56H42N4O. The van der Waals surface area contributed by atoms with Gasteiger partial charge < -0.3 is 10.0 Å². The highest BCUT2D eigenvalue weighted by Crippen LogP contribution is 2.39. The van der Waals surface area contributed by atoms with E-state index in [4.69, 9.17) is 6.57 Å². The van der Waals surface area contributed by atoms with E-state index in [1.807, 2.05) is 84.9 Å². The molecule has 0 aromatic heterocycles. The number of hydrogen-bond acceptors (Lipinski definition) is 4. The fourth-order valence-electron chi connectivity index (χ4n) is 7.30. The van der Waals surface area contributed by atoms with E-state index in [0.717, 1.165) is 72.7 Å². The van der Waals surface area contributed by atoms with Crippen molar-refractivity contribution >= 4 is 46.4 Å². The summed E-state index contributed by atoms with van der Waals surface area (Å²) >= 11 is 0. The van der Waals surface area contributed by atoms with E-state index in [1.165, 1.54) is 0 Å². The van der Waals surface area contributed by atoms with E-state index in [0.29, 0.717) is 5.56 Å². The van der Waals surface area contributed by atoms with Crippen LogP contribution >= 0.6 is 0 Å². The molecule has 7 rings (SSSR count). The summed E-state index contributed by atoms with van der Waals surface area (Å²) in [6, 6.07) is 65.8. The Morgan fingerprint density at radius 2 is 1.02 bits per heavy atom. The van der Waals surface area contributed by atoms with Crippen LogP contribution in [0.1, 0.15) is 57.0 Å². The van der Waals surface area contributed by atoms with E-state index < -0.39 is 0 Å². The monoisotopic (exact) mass is 786 g/mol. The van der Waals surface area contributed by atoms with Crippen molar-refractivity contribution < 1.29 is 5.11 Å². The highest BCUT2D eigenvalue weighted by Gasteiger charge is 2.17. The third-order valence-electron chi connectivity index (χ3n) is 10.5. The van der Waals surface area contributed by atoms with Crippen molar-refractivity contribution in [1.29, 1.82) is 10.5 Å². The van der Waals surface area contributed by atoms with Crippen LogP contribution < -0.4 is 4.90 Å². The van der Waals surface area contributed by atoms with Crippen LogP contribution in [0.15, 0.2) is 199 Å². The maximum absolute atomic E-state index is 10.9. The predicted molar refractivity (Wildman–Crippen MR) is 250 cm³/mol. The van der Waals surface area contributed by atoms with Crippen molar-refractivity contribution in [3.8, 4) is 12.1 Å². The van der Waals surface area contributed by atoms with Crippen molar-refractivity contribution in [2.75, 3.05) is 4.90 Å². The zero-order valence-corrected chi connectivity index (χ0v) is 34.0. The standard InChI is InChI=1S/C56H42N4O/c1-40-32-52(30-26-47(40)35-54(43-16-8-4-9-17-43)44-18-10-5-11-19-44)60(51-28-24-42(25-29-51)33-49(38-58)56(59-3)41(2)37-57)53-31-27-48(50(34-53)39-61)36-55(45-20-12-6-13-21-45)46-22-14-7-15-23-46/h4-36,61H,39H2,1-2H3/b49-33-,56-41+. The lowest BCUT2D eigenvalue weighted by molar-refractivity contribution is 0.281. The average Bonchev–Trinajstić information content (AvgIpc) is 3.32. The molecular weight excluding hydrogens is 745 g/mol. The Hall–Kier alpha value is -8.27. The summed E-state index contributed by atoms with van der Waals surface area (Å²) in [6.07, 6.45) is 6.01. The molecule has 7 aromatic carbocycles. The number of hydrogen-bond donors (Lipinski definition) is 1. The van der Waals surface area contributed by atoms with Crippen molar-refractivity contribution in [2.45, 2.75) is 20.5 Å². The zero-order chi connectivity index (χ0) is 42.6. The number of rotatable bonds is 12. The minimum atomic E-state index is -0.172. The van der Waals surface area contributed by atoms with Crippen molar-refractivity contribution in [3.05, 3.63) is 260 Å². The van der Waals surface area contributed by atoms with Gasteiger partial charge >= 0.3 is 0 Å². The highest BCUT2D eigenvalue weighted by atomic mass is 16.3. The normalized spacial score (nSPS) is 11.2. The van der Waals surface area contributed by atoms with E-state index in [9.17, 15) is 15.6 Å². The molecule has 0 aliphatic rings. The van der Waals surface area contributed by atoms with Crippen molar-refractivity contribution in [3.63, 3.8) is 0 Å². The molecule has 7 aromatic rings. The molecule has 0 aliphatic carbocycles. The lowest BCUT2D eigenvalue weighted by atomic mass is 9.94. The van der Waals surface area contributed by atoms with Crippen LogP contribution in [0.5, 0.6) is 0 Å². The largest absolute Gasteiger partial charge is 0.392 e. The first-order chi connectivity index (χ1) is 29.9. The van der Waals surface area contributed by atoms with Gasteiger partial charge in [0.15, 0.2) is 0 Å². The summed E-state index contributed by atoms with van der Waals surface area (Å²) in [6.45, 7) is 11.1. The topological polar surface area (TPSA) is 75.4 Å². The first kappa shape index (κ1) is 40.9. The average molecular weight is 787 g/mol. The molecule has 0 bridgehead atoms. The first-order valence-electron chi connectivity index (χ1n) is 19.9. The van der Waals surface area contributed by atoms with Gasteiger partial charge in [-0.05, 0) is 130 Å². The number of anilines is 3. The molecule has 0 radical (unpaired) electrons. The van der Waals surface area contributed by atoms with E-state index in [-0.39, 0.29) is 23.5 Å². The van der Waals surface area contributed by atoms with Gasteiger partial charge in [-0.2, -0.15) is 10.5 Å². The molecule has 61 heavy (non-hydrogen) atoms. The molecule has 0 saturated heterocycles. The zero-order valence-electron chi connectivity index (χ0n) is 34.0. The second-order valence-corrected chi connectivity index (χ2v) is 14.5. The van der Waals surface area contributed by atoms with Crippen molar-refractivity contribution in [1.82, 2.24) is 0 Å². The number of aliphatic hydroxyl groups excluding tert-OH is 1. The Bertz CT molecular complexity index is 2820. The quantitative estimate of drug-likeness (QED) is 0.0579. The van der Waals surface area contributed by atoms with Crippen LogP contribution in [0.25, 0.3) is 34.2 Å². The van der Waals surface area contributed by atoms with Crippen LogP contribution in [0, 0.1) is 36.2 Å². The molecule has 292 valence electrons.